The highest BCUT2D eigenvalue weighted by Crippen LogP contribution is 2.23. The van der Waals surface area contributed by atoms with Crippen LogP contribution >= 0.6 is 0 Å². The molecule has 1 atom stereocenters. The van der Waals surface area contributed by atoms with E-state index in [4.69, 9.17) is 5.73 Å². The van der Waals surface area contributed by atoms with Crippen LogP contribution in [-0.4, -0.2) is 54.6 Å². The van der Waals surface area contributed by atoms with Gasteiger partial charge in [-0.1, -0.05) is 39.5 Å². The molecule has 19 heavy (non-hydrogen) atoms. The van der Waals surface area contributed by atoms with Crippen LogP contribution in [0.4, 0.5) is 0 Å². The average molecular weight is 269 g/mol. The average Bonchev–Trinajstić information content (AvgIpc) is 2.44. The Morgan fingerprint density at radius 3 is 2.16 bits per heavy atom. The molecule has 0 aromatic carbocycles. The van der Waals surface area contributed by atoms with Crippen LogP contribution in [0.25, 0.3) is 0 Å². The Balaban J connectivity index is 2.37. The molecule has 0 saturated carbocycles. The van der Waals surface area contributed by atoms with Crippen molar-refractivity contribution in [1.29, 1.82) is 0 Å². The molecule has 1 aliphatic rings. The summed E-state index contributed by atoms with van der Waals surface area (Å²) >= 11 is 0. The molecule has 3 heteroatoms. The second-order valence-electron chi connectivity index (χ2n) is 6.34. The van der Waals surface area contributed by atoms with Crippen molar-refractivity contribution in [2.45, 2.75) is 64.8 Å². The fraction of sp³-hybridized carbons (Fsp3) is 1.00. The van der Waals surface area contributed by atoms with Crippen molar-refractivity contribution in [3.63, 3.8) is 0 Å². The molecule has 1 fully saturated rings. The van der Waals surface area contributed by atoms with E-state index in [1.807, 2.05) is 0 Å². The fourth-order valence-corrected chi connectivity index (χ4v) is 3.15. The van der Waals surface area contributed by atoms with E-state index in [2.05, 4.69) is 30.6 Å². The Hall–Kier alpha value is -0.120. The summed E-state index contributed by atoms with van der Waals surface area (Å²) in [5.74, 6) is 0. The van der Waals surface area contributed by atoms with E-state index in [-0.39, 0.29) is 5.54 Å². The van der Waals surface area contributed by atoms with Gasteiger partial charge in [0, 0.05) is 38.3 Å². The molecule has 0 radical (unpaired) electrons. The fourth-order valence-electron chi connectivity index (χ4n) is 3.15. The molecule has 1 rings (SSSR count). The summed E-state index contributed by atoms with van der Waals surface area (Å²) in [5.41, 5.74) is 6.32. The first kappa shape index (κ1) is 16.9. The zero-order valence-corrected chi connectivity index (χ0v) is 13.5. The maximum atomic E-state index is 6.09. The van der Waals surface area contributed by atoms with E-state index in [1.54, 1.807) is 0 Å². The van der Waals surface area contributed by atoms with Crippen molar-refractivity contribution in [3.05, 3.63) is 0 Å². The number of hydrogen-bond acceptors (Lipinski definition) is 3. The van der Waals surface area contributed by atoms with Crippen LogP contribution in [0.2, 0.25) is 0 Å². The van der Waals surface area contributed by atoms with Gasteiger partial charge in [0.15, 0.2) is 0 Å². The molecular weight excluding hydrogens is 234 g/mol. The van der Waals surface area contributed by atoms with Crippen LogP contribution in [0.5, 0.6) is 0 Å². The largest absolute Gasteiger partial charge is 0.329 e. The molecule has 3 nitrogen and oxygen atoms in total. The van der Waals surface area contributed by atoms with Gasteiger partial charge in [-0.2, -0.15) is 0 Å². The van der Waals surface area contributed by atoms with Gasteiger partial charge in [0.25, 0.3) is 0 Å². The van der Waals surface area contributed by atoms with Gasteiger partial charge in [0.1, 0.15) is 0 Å². The number of nitrogens with zero attached hydrogens (tertiary/aromatic N) is 2. The van der Waals surface area contributed by atoms with E-state index >= 15 is 0 Å². The topological polar surface area (TPSA) is 32.5 Å². The van der Waals surface area contributed by atoms with Gasteiger partial charge in [-0.3, -0.25) is 4.90 Å². The summed E-state index contributed by atoms with van der Waals surface area (Å²) in [6.07, 6.45) is 7.90. The molecule has 0 aliphatic carbocycles. The summed E-state index contributed by atoms with van der Waals surface area (Å²) in [6, 6.07) is 0. The van der Waals surface area contributed by atoms with Crippen molar-refractivity contribution in [2.75, 3.05) is 39.3 Å². The zero-order valence-electron chi connectivity index (χ0n) is 13.5. The standard InChI is InChI=1S/C16H35N3/c1-4-6-7-8-9-16(3,15-17)19-13-11-18(10-5-2)12-14-19/h4-15,17H2,1-3H3. The van der Waals surface area contributed by atoms with Crippen molar-refractivity contribution in [2.24, 2.45) is 5.73 Å². The minimum absolute atomic E-state index is 0.228. The molecule has 1 unspecified atom stereocenters. The van der Waals surface area contributed by atoms with Crippen LogP contribution in [0.15, 0.2) is 0 Å². The Kier molecular flexibility index (Phi) is 7.96. The summed E-state index contributed by atoms with van der Waals surface area (Å²) in [5, 5.41) is 0. The molecule has 2 N–H and O–H groups in total. The van der Waals surface area contributed by atoms with Crippen molar-refractivity contribution in [1.82, 2.24) is 9.80 Å². The normalized spacial score (nSPS) is 21.5. The number of nitrogens with two attached hydrogens (primary N) is 1. The lowest BCUT2D eigenvalue weighted by Gasteiger charge is -2.45. The van der Waals surface area contributed by atoms with E-state index < -0.39 is 0 Å². The highest BCUT2D eigenvalue weighted by atomic mass is 15.3. The second-order valence-corrected chi connectivity index (χ2v) is 6.34. The van der Waals surface area contributed by atoms with Crippen molar-refractivity contribution in [3.8, 4) is 0 Å². The molecule has 114 valence electrons. The minimum atomic E-state index is 0.228. The minimum Gasteiger partial charge on any atom is -0.329 e. The zero-order chi connectivity index (χ0) is 14.1. The quantitative estimate of drug-likeness (QED) is 0.653. The molecule has 0 aromatic rings. The monoisotopic (exact) mass is 269 g/mol. The third kappa shape index (κ3) is 5.41. The number of piperazine rings is 1. The van der Waals surface area contributed by atoms with Crippen LogP contribution in [-0.2, 0) is 0 Å². The molecule has 0 bridgehead atoms. The Morgan fingerprint density at radius 1 is 0.947 bits per heavy atom. The number of unbranched alkanes of at least 4 members (excludes halogenated alkanes) is 3. The first-order valence-corrected chi connectivity index (χ1v) is 8.33. The van der Waals surface area contributed by atoms with Gasteiger partial charge in [0.2, 0.25) is 0 Å². The molecular formula is C16H35N3. The van der Waals surface area contributed by atoms with E-state index in [1.165, 1.54) is 71.2 Å². The molecule has 1 heterocycles. The van der Waals surface area contributed by atoms with Crippen LogP contribution in [0.1, 0.15) is 59.3 Å². The van der Waals surface area contributed by atoms with Crippen LogP contribution in [0, 0.1) is 0 Å². The third-order valence-corrected chi connectivity index (χ3v) is 4.68. The lowest BCUT2D eigenvalue weighted by molar-refractivity contribution is 0.0400. The molecule has 0 spiro atoms. The Labute approximate surface area is 120 Å². The summed E-state index contributed by atoms with van der Waals surface area (Å²) in [4.78, 5) is 5.23. The molecule has 1 saturated heterocycles. The Morgan fingerprint density at radius 2 is 1.63 bits per heavy atom. The lowest BCUT2D eigenvalue weighted by Crippen LogP contribution is -2.58. The highest BCUT2D eigenvalue weighted by molar-refractivity contribution is 4.90. The first-order chi connectivity index (χ1) is 9.16. The van der Waals surface area contributed by atoms with Gasteiger partial charge < -0.3 is 10.6 Å². The van der Waals surface area contributed by atoms with Gasteiger partial charge in [0.05, 0.1) is 0 Å². The maximum Gasteiger partial charge on any atom is 0.0304 e. The lowest BCUT2D eigenvalue weighted by atomic mass is 9.91. The van der Waals surface area contributed by atoms with Gasteiger partial charge in [-0.15, -0.1) is 0 Å². The van der Waals surface area contributed by atoms with Crippen molar-refractivity contribution >= 4 is 0 Å². The van der Waals surface area contributed by atoms with Gasteiger partial charge in [-0.25, -0.2) is 0 Å². The number of hydrogen-bond donors (Lipinski definition) is 1. The van der Waals surface area contributed by atoms with Crippen molar-refractivity contribution < 1.29 is 0 Å². The third-order valence-electron chi connectivity index (χ3n) is 4.68. The first-order valence-electron chi connectivity index (χ1n) is 8.33. The Bertz CT molecular complexity index is 224. The smallest absolute Gasteiger partial charge is 0.0304 e. The predicted octanol–water partition coefficient (Wildman–Crippen LogP) is 2.70. The molecule has 1 aliphatic heterocycles. The second kappa shape index (κ2) is 8.93. The van der Waals surface area contributed by atoms with E-state index in [0.29, 0.717) is 0 Å². The van der Waals surface area contributed by atoms with E-state index in [9.17, 15) is 0 Å². The summed E-state index contributed by atoms with van der Waals surface area (Å²) in [6.45, 7) is 13.8. The number of rotatable bonds is 9. The molecule has 0 aromatic heterocycles. The maximum absolute atomic E-state index is 6.09. The van der Waals surface area contributed by atoms with Gasteiger partial charge in [-0.05, 0) is 26.3 Å². The van der Waals surface area contributed by atoms with E-state index in [0.717, 1.165) is 6.54 Å². The predicted molar refractivity (Wildman–Crippen MR) is 84.5 cm³/mol. The van der Waals surface area contributed by atoms with Gasteiger partial charge >= 0.3 is 0 Å². The summed E-state index contributed by atoms with van der Waals surface area (Å²) < 4.78 is 0. The van der Waals surface area contributed by atoms with Crippen LogP contribution < -0.4 is 5.73 Å². The SMILES string of the molecule is CCCCCCC(C)(CN)N1CCN(CCC)CC1. The van der Waals surface area contributed by atoms with Crippen LogP contribution in [0.3, 0.4) is 0 Å². The summed E-state index contributed by atoms with van der Waals surface area (Å²) in [7, 11) is 0. The molecule has 0 amide bonds. The highest BCUT2D eigenvalue weighted by Gasteiger charge is 2.32.